The van der Waals surface area contributed by atoms with Crippen molar-refractivity contribution in [3.8, 4) is 5.75 Å². The normalized spacial score (nSPS) is 11.7. The second-order valence-electron chi connectivity index (χ2n) is 9.78. The number of ether oxygens (including phenoxy) is 2. The van der Waals surface area contributed by atoms with Crippen molar-refractivity contribution in [3.05, 3.63) is 89.5 Å². The summed E-state index contributed by atoms with van der Waals surface area (Å²) in [5.41, 5.74) is 4.53. The second-order valence-corrected chi connectivity index (χ2v) is 11.6. The van der Waals surface area contributed by atoms with Gasteiger partial charge in [-0.3, -0.25) is 9.10 Å². The molecule has 3 aromatic rings. The highest BCUT2D eigenvalue weighted by Gasteiger charge is 2.28. The number of carbonyl (C=O) groups excluding carboxylic acids is 2. The van der Waals surface area contributed by atoms with Crippen LogP contribution in [0.1, 0.15) is 37.5 Å². The maximum absolute atomic E-state index is 13.5. The lowest BCUT2D eigenvalue weighted by Crippen LogP contribution is -2.40. The maximum Gasteiger partial charge on any atom is 0.344 e. The Balaban J connectivity index is 1.67. The number of hydrogen-bond donors (Lipinski definition) is 1. The maximum atomic E-state index is 13.5. The van der Waals surface area contributed by atoms with Gasteiger partial charge in [-0.15, -0.1) is 0 Å². The Morgan fingerprint density at radius 1 is 0.949 bits per heavy atom. The molecule has 0 spiro atoms. The Hall–Kier alpha value is -4.18. The van der Waals surface area contributed by atoms with Gasteiger partial charge in [-0.25, -0.2) is 18.6 Å². The average Bonchev–Trinajstić information content (AvgIpc) is 2.88. The lowest BCUT2D eigenvalue weighted by molar-refractivity contribution is -0.157. The number of hydrazone groups is 1. The molecule has 3 rings (SSSR count). The minimum atomic E-state index is -4.02. The van der Waals surface area contributed by atoms with Crippen LogP contribution in [0.4, 0.5) is 5.69 Å². The molecule has 1 N–H and O–H groups in total. The number of carbonyl (C=O) groups is 2. The molecular weight excluding hydrogens is 518 g/mol. The first-order valence-corrected chi connectivity index (χ1v) is 13.7. The van der Waals surface area contributed by atoms with Crippen molar-refractivity contribution in [1.29, 1.82) is 0 Å². The van der Waals surface area contributed by atoms with Gasteiger partial charge in [0.05, 0.1) is 16.8 Å². The van der Waals surface area contributed by atoms with Crippen LogP contribution in [-0.2, 0) is 24.3 Å². The van der Waals surface area contributed by atoms with E-state index in [2.05, 4.69) is 10.5 Å². The Bertz CT molecular complexity index is 1430. The molecule has 10 heteroatoms. The summed E-state index contributed by atoms with van der Waals surface area (Å²) in [6.07, 6.45) is 1.42. The zero-order chi connectivity index (χ0) is 28.6. The lowest BCUT2D eigenvalue weighted by Gasteiger charge is -2.26. The molecule has 0 aliphatic heterocycles. The van der Waals surface area contributed by atoms with Gasteiger partial charge in [-0.05, 0) is 93.8 Å². The molecule has 0 fully saturated rings. The van der Waals surface area contributed by atoms with Crippen LogP contribution in [0.2, 0.25) is 0 Å². The van der Waals surface area contributed by atoms with Crippen LogP contribution in [0.15, 0.2) is 82.8 Å². The van der Waals surface area contributed by atoms with Crippen molar-refractivity contribution in [2.24, 2.45) is 5.10 Å². The van der Waals surface area contributed by atoms with Gasteiger partial charge in [0.25, 0.3) is 15.9 Å². The van der Waals surface area contributed by atoms with Gasteiger partial charge in [-0.1, -0.05) is 30.3 Å². The first-order valence-electron chi connectivity index (χ1n) is 12.3. The van der Waals surface area contributed by atoms with E-state index in [1.807, 2.05) is 19.9 Å². The van der Waals surface area contributed by atoms with Crippen LogP contribution >= 0.6 is 0 Å². The van der Waals surface area contributed by atoms with Crippen molar-refractivity contribution < 1.29 is 27.5 Å². The summed E-state index contributed by atoms with van der Waals surface area (Å²) >= 11 is 0. The van der Waals surface area contributed by atoms with Crippen molar-refractivity contribution in [3.63, 3.8) is 0 Å². The van der Waals surface area contributed by atoms with Crippen LogP contribution in [0, 0.1) is 13.8 Å². The molecule has 0 heterocycles. The first-order chi connectivity index (χ1) is 18.4. The van der Waals surface area contributed by atoms with Crippen LogP contribution in [0.25, 0.3) is 0 Å². The highest BCUT2D eigenvalue weighted by atomic mass is 32.2. The molecule has 0 saturated heterocycles. The third-order valence-electron chi connectivity index (χ3n) is 5.52. The van der Waals surface area contributed by atoms with E-state index in [9.17, 15) is 18.0 Å². The predicted molar refractivity (Wildman–Crippen MR) is 150 cm³/mol. The molecule has 0 radical (unpaired) electrons. The highest BCUT2D eigenvalue weighted by Crippen LogP contribution is 2.28. The number of nitrogens with one attached hydrogen (secondary N) is 1. The standard InChI is InChI=1S/C29H33N3O6S/c1-21-10-9-13-26(22(21)2)32(39(35,36)25-11-7-6-8-12-25)19-27(33)31-30-18-23-14-16-24(17-15-23)37-20-28(34)38-29(3,4)5/h6-18H,19-20H2,1-5H3,(H,31,33)/b30-18-. The Morgan fingerprint density at radius 2 is 1.62 bits per heavy atom. The molecular formula is C29H33N3O6S. The molecule has 1 amide bonds. The van der Waals surface area contributed by atoms with E-state index in [4.69, 9.17) is 9.47 Å². The van der Waals surface area contributed by atoms with Gasteiger partial charge in [-0.2, -0.15) is 5.10 Å². The van der Waals surface area contributed by atoms with Gasteiger partial charge in [0, 0.05) is 0 Å². The third-order valence-corrected chi connectivity index (χ3v) is 7.30. The molecule has 0 atom stereocenters. The minimum absolute atomic E-state index is 0.0798. The number of aryl methyl sites for hydroxylation is 1. The number of anilines is 1. The van der Waals surface area contributed by atoms with E-state index in [-0.39, 0.29) is 11.5 Å². The third kappa shape index (κ3) is 8.41. The molecule has 39 heavy (non-hydrogen) atoms. The van der Waals surface area contributed by atoms with Gasteiger partial charge in [0.2, 0.25) is 0 Å². The lowest BCUT2D eigenvalue weighted by atomic mass is 10.1. The number of amides is 1. The Kier molecular flexibility index (Phi) is 9.47. The fourth-order valence-electron chi connectivity index (χ4n) is 3.53. The van der Waals surface area contributed by atoms with Crippen molar-refractivity contribution in [2.45, 2.75) is 45.1 Å². The molecule has 0 aliphatic carbocycles. The van der Waals surface area contributed by atoms with Crippen LogP contribution < -0.4 is 14.5 Å². The molecule has 3 aromatic carbocycles. The SMILES string of the molecule is Cc1cccc(N(CC(=O)N/N=C\c2ccc(OCC(=O)OC(C)(C)C)cc2)S(=O)(=O)c2ccccc2)c1C. The molecule has 9 nitrogen and oxygen atoms in total. The quantitative estimate of drug-likeness (QED) is 0.227. The van der Waals surface area contributed by atoms with E-state index in [0.29, 0.717) is 17.0 Å². The number of benzene rings is 3. The van der Waals surface area contributed by atoms with Gasteiger partial charge in [0.1, 0.15) is 17.9 Å². The van der Waals surface area contributed by atoms with Crippen LogP contribution in [-0.4, -0.2) is 45.3 Å². The molecule has 206 valence electrons. The molecule has 0 aliphatic rings. The number of rotatable bonds is 10. The summed E-state index contributed by atoms with van der Waals surface area (Å²) in [6.45, 7) is 8.35. The molecule has 0 saturated carbocycles. The minimum Gasteiger partial charge on any atom is -0.482 e. The summed E-state index contributed by atoms with van der Waals surface area (Å²) < 4.78 is 38.7. The fourth-order valence-corrected chi connectivity index (χ4v) is 5.03. The number of hydrogen-bond acceptors (Lipinski definition) is 7. The van der Waals surface area contributed by atoms with Crippen LogP contribution in [0.5, 0.6) is 5.75 Å². The Labute approximate surface area is 229 Å². The molecule has 0 bridgehead atoms. The van der Waals surface area contributed by atoms with E-state index in [1.54, 1.807) is 75.4 Å². The molecule has 0 unspecified atom stereocenters. The van der Waals surface area contributed by atoms with E-state index in [0.717, 1.165) is 15.4 Å². The molecule has 0 aromatic heterocycles. The van der Waals surface area contributed by atoms with Crippen molar-refractivity contribution >= 4 is 33.8 Å². The van der Waals surface area contributed by atoms with E-state index in [1.165, 1.54) is 18.3 Å². The van der Waals surface area contributed by atoms with Crippen LogP contribution in [0.3, 0.4) is 0 Å². The second kappa shape index (κ2) is 12.6. The van der Waals surface area contributed by atoms with Crippen molar-refractivity contribution in [1.82, 2.24) is 5.43 Å². The van der Waals surface area contributed by atoms with Gasteiger partial charge >= 0.3 is 5.97 Å². The van der Waals surface area contributed by atoms with E-state index < -0.39 is 34.0 Å². The van der Waals surface area contributed by atoms with Gasteiger partial charge < -0.3 is 9.47 Å². The zero-order valence-electron chi connectivity index (χ0n) is 22.7. The van der Waals surface area contributed by atoms with E-state index >= 15 is 0 Å². The number of nitrogens with zero attached hydrogens (tertiary/aromatic N) is 2. The summed E-state index contributed by atoms with van der Waals surface area (Å²) in [5.74, 6) is -0.610. The van der Waals surface area contributed by atoms with Gasteiger partial charge in [0.15, 0.2) is 6.61 Å². The average molecular weight is 552 g/mol. The summed E-state index contributed by atoms with van der Waals surface area (Å²) in [4.78, 5) is 24.7. The fraction of sp³-hybridized carbons (Fsp3) is 0.276. The predicted octanol–water partition coefficient (Wildman–Crippen LogP) is 4.37. The smallest absolute Gasteiger partial charge is 0.344 e. The summed E-state index contributed by atoms with van der Waals surface area (Å²) in [6, 6.07) is 20.0. The monoisotopic (exact) mass is 551 g/mol. The topological polar surface area (TPSA) is 114 Å². The largest absolute Gasteiger partial charge is 0.482 e. The number of sulfonamides is 1. The summed E-state index contributed by atoms with van der Waals surface area (Å²) in [5, 5.41) is 3.97. The highest BCUT2D eigenvalue weighted by molar-refractivity contribution is 7.92. The zero-order valence-corrected chi connectivity index (χ0v) is 23.5. The van der Waals surface area contributed by atoms with Crippen molar-refractivity contribution in [2.75, 3.05) is 17.5 Å². The summed E-state index contributed by atoms with van der Waals surface area (Å²) in [7, 11) is -4.02. The number of esters is 1. The Morgan fingerprint density at radius 3 is 2.26 bits per heavy atom. The first kappa shape index (κ1) is 29.4.